The topological polar surface area (TPSA) is 56.6 Å². The van der Waals surface area contributed by atoms with Crippen LogP contribution >= 0.6 is 0 Å². The van der Waals surface area contributed by atoms with Crippen molar-refractivity contribution in [3.05, 3.63) is 24.3 Å². The Hall–Kier alpha value is -1.84. The van der Waals surface area contributed by atoms with Crippen molar-refractivity contribution in [1.82, 2.24) is 0 Å². The summed E-state index contributed by atoms with van der Waals surface area (Å²) in [5.41, 5.74) is 2.03. The summed E-state index contributed by atoms with van der Waals surface area (Å²) >= 11 is 0. The van der Waals surface area contributed by atoms with E-state index in [-0.39, 0.29) is 29.6 Å². The minimum atomic E-state index is -2.16. The summed E-state index contributed by atoms with van der Waals surface area (Å²) < 4.78 is 7.74. The summed E-state index contributed by atoms with van der Waals surface area (Å²) in [5.74, 6) is -0.106. The molecule has 27 heavy (non-hydrogen) atoms. The van der Waals surface area contributed by atoms with E-state index < -0.39 is 8.24 Å². The van der Waals surface area contributed by atoms with Gasteiger partial charge in [-0.15, -0.1) is 0 Å². The first-order valence-corrected chi connectivity index (χ1v) is 12.6. The number of carbonyl (C=O) groups excluding carboxylic acids is 1. The first kappa shape index (κ1) is 21.5. The van der Waals surface area contributed by atoms with Gasteiger partial charge in [0.1, 0.15) is 6.42 Å². The number of nitriles is 1. The number of hydrogen-bond acceptors (Lipinski definition) is 4. The van der Waals surface area contributed by atoms with Gasteiger partial charge in [0.2, 0.25) is 5.91 Å². The lowest BCUT2D eigenvalue weighted by atomic mass is 10.2. The van der Waals surface area contributed by atoms with E-state index in [9.17, 15) is 4.79 Å². The number of nitrogens with zero attached hydrogens (tertiary/aromatic N) is 3. The molecule has 0 radical (unpaired) electrons. The summed E-state index contributed by atoms with van der Waals surface area (Å²) in [4.78, 5) is 15.2. The zero-order chi connectivity index (χ0) is 20.4. The van der Waals surface area contributed by atoms with E-state index in [0.29, 0.717) is 0 Å². The number of rotatable bonds is 4. The average Bonchev–Trinajstić information content (AvgIpc) is 2.53. The summed E-state index contributed by atoms with van der Waals surface area (Å²) in [6, 6.07) is 10.2. The fourth-order valence-corrected chi connectivity index (χ4v) is 5.63. The number of hydrogen-bond donors (Lipinski definition) is 0. The van der Waals surface area contributed by atoms with E-state index in [1.54, 1.807) is 0 Å². The molecule has 5 nitrogen and oxygen atoms in total. The first-order valence-electron chi connectivity index (χ1n) is 9.68. The van der Waals surface area contributed by atoms with Crippen molar-refractivity contribution in [1.29, 1.82) is 5.26 Å². The van der Waals surface area contributed by atoms with Gasteiger partial charge in [-0.1, -0.05) is 33.9 Å². The van der Waals surface area contributed by atoms with Gasteiger partial charge in [0.15, 0.2) is 8.24 Å². The molecule has 148 valence electrons. The minimum Gasteiger partial charge on any atom is -0.372 e. The van der Waals surface area contributed by atoms with Crippen LogP contribution in [-0.2, 0) is 9.53 Å². The molecule has 1 aliphatic rings. The third kappa shape index (κ3) is 4.71. The predicted molar refractivity (Wildman–Crippen MR) is 114 cm³/mol. The van der Waals surface area contributed by atoms with Gasteiger partial charge in [-0.05, 0) is 43.2 Å². The zero-order valence-electron chi connectivity index (χ0n) is 17.7. The maximum atomic E-state index is 12.8. The van der Waals surface area contributed by atoms with Crippen LogP contribution in [0.4, 0.5) is 11.4 Å². The fourth-order valence-electron chi connectivity index (χ4n) is 3.46. The lowest BCUT2D eigenvalue weighted by Gasteiger charge is -2.45. The van der Waals surface area contributed by atoms with E-state index >= 15 is 0 Å². The maximum absolute atomic E-state index is 12.8. The highest BCUT2D eigenvalue weighted by molar-refractivity contribution is 6.86. The molecule has 1 aromatic rings. The van der Waals surface area contributed by atoms with Crippen LogP contribution in [0, 0.1) is 11.3 Å². The van der Waals surface area contributed by atoms with E-state index in [4.69, 9.17) is 10.00 Å². The summed E-state index contributed by atoms with van der Waals surface area (Å²) in [5, 5.41) is 9.06. The predicted octanol–water partition coefficient (Wildman–Crippen LogP) is 4.55. The van der Waals surface area contributed by atoms with Gasteiger partial charge in [0.25, 0.3) is 0 Å². The van der Waals surface area contributed by atoms with Crippen molar-refractivity contribution in [2.75, 3.05) is 22.6 Å². The van der Waals surface area contributed by atoms with Gasteiger partial charge in [0, 0.05) is 24.5 Å². The highest BCUT2D eigenvalue weighted by atomic mass is 28.3. The normalized spacial score (nSPS) is 20.9. The molecule has 2 atom stereocenters. The van der Waals surface area contributed by atoms with Crippen LogP contribution < -0.4 is 9.47 Å². The molecule has 0 aliphatic carbocycles. The van der Waals surface area contributed by atoms with Crippen molar-refractivity contribution >= 4 is 25.5 Å². The van der Waals surface area contributed by atoms with Gasteiger partial charge in [-0.25, -0.2) is 0 Å². The number of morpholine rings is 1. The van der Waals surface area contributed by atoms with Gasteiger partial charge < -0.3 is 14.2 Å². The van der Waals surface area contributed by atoms with Crippen molar-refractivity contribution in [3.8, 4) is 6.07 Å². The summed E-state index contributed by atoms with van der Waals surface area (Å²) in [6.45, 7) is 16.8. The molecule has 0 bridgehead atoms. The number of amides is 1. The third-order valence-corrected chi connectivity index (χ3v) is 11.1. The Balaban J connectivity index is 2.35. The Bertz CT molecular complexity index is 694. The SMILES string of the molecule is CC1CN(c2ccc(N(C(=O)CC#N)[Si](C)(C)C(C)(C)C)cc2)CC(C)O1. The van der Waals surface area contributed by atoms with Gasteiger partial charge in [-0.3, -0.25) is 4.79 Å². The number of anilines is 2. The third-order valence-electron chi connectivity index (χ3n) is 5.77. The Kier molecular flexibility index (Phi) is 6.38. The summed E-state index contributed by atoms with van der Waals surface area (Å²) in [7, 11) is -2.16. The van der Waals surface area contributed by atoms with Gasteiger partial charge in [-0.2, -0.15) is 5.26 Å². The molecule has 6 heteroatoms. The number of carbonyl (C=O) groups is 1. The highest BCUT2D eigenvalue weighted by Crippen LogP contribution is 2.41. The van der Waals surface area contributed by atoms with Crippen molar-refractivity contribution in [3.63, 3.8) is 0 Å². The fraction of sp³-hybridized carbons (Fsp3) is 0.619. The average molecular weight is 388 g/mol. The van der Waals surface area contributed by atoms with Crippen LogP contribution in [0.2, 0.25) is 18.1 Å². The van der Waals surface area contributed by atoms with Crippen molar-refractivity contribution in [2.24, 2.45) is 0 Å². The zero-order valence-corrected chi connectivity index (χ0v) is 18.7. The van der Waals surface area contributed by atoms with Crippen LogP contribution in [0.15, 0.2) is 24.3 Å². The van der Waals surface area contributed by atoms with E-state index in [2.05, 4.69) is 64.7 Å². The molecule has 1 saturated heterocycles. The number of ether oxygens (including phenoxy) is 1. The van der Waals surface area contributed by atoms with Crippen molar-refractivity contribution in [2.45, 2.75) is 71.4 Å². The van der Waals surface area contributed by atoms with Gasteiger partial charge >= 0.3 is 0 Å². The number of benzene rings is 1. The Morgan fingerprint density at radius 1 is 1.22 bits per heavy atom. The molecule has 0 N–H and O–H groups in total. The van der Waals surface area contributed by atoms with E-state index in [1.807, 2.05) is 22.8 Å². The van der Waals surface area contributed by atoms with Crippen LogP contribution in [0.25, 0.3) is 0 Å². The Morgan fingerprint density at radius 3 is 2.19 bits per heavy atom. The molecule has 0 saturated carbocycles. The Labute approximate surface area is 165 Å². The summed E-state index contributed by atoms with van der Waals surface area (Å²) in [6.07, 6.45) is 0.316. The van der Waals surface area contributed by atoms with Gasteiger partial charge in [0.05, 0.1) is 18.3 Å². The standard InChI is InChI=1S/C21H33N3O2Si/c1-16-14-23(15-17(2)26-16)18-8-10-19(11-9-18)24(20(25)12-13-22)27(6,7)21(3,4)5/h8-11,16-17H,12,14-15H2,1-7H3. The molecule has 1 heterocycles. The molecule has 1 aromatic carbocycles. The Morgan fingerprint density at radius 2 is 1.74 bits per heavy atom. The van der Waals surface area contributed by atoms with Crippen LogP contribution in [0.1, 0.15) is 41.0 Å². The smallest absolute Gasteiger partial charge is 0.233 e. The lowest BCUT2D eigenvalue weighted by Crippen LogP contribution is -2.58. The molecule has 2 unspecified atom stereocenters. The largest absolute Gasteiger partial charge is 0.372 e. The maximum Gasteiger partial charge on any atom is 0.233 e. The van der Waals surface area contributed by atoms with Crippen LogP contribution in [0.3, 0.4) is 0 Å². The lowest BCUT2D eigenvalue weighted by molar-refractivity contribution is -0.116. The molecular formula is C21H33N3O2Si. The second kappa shape index (κ2) is 8.03. The molecule has 1 aliphatic heterocycles. The first-order chi connectivity index (χ1) is 12.5. The highest BCUT2D eigenvalue weighted by Gasteiger charge is 2.44. The molecule has 0 spiro atoms. The quantitative estimate of drug-likeness (QED) is 0.711. The monoisotopic (exact) mass is 387 g/mol. The van der Waals surface area contributed by atoms with Crippen LogP contribution in [0.5, 0.6) is 0 Å². The van der Waals surface area contributed by atoms with E-state index in [0.717, 1.165) is 24.5 Å². The molecular weight excluding hydrogens is 354 g/mol. The molecule has 2 rings (SSSR count). The van der Waals surface area contributed by atoms with E-state index in [1.165, 1.54) is 0 Å². The van der Waals surface area contributed by atoms with Crippen LogP contribution in [-0.4, -0.2) is 39.4 Å². The molecule has 1 amide bonds. The second-order valence-electron chi connectivity index (χ2n) is 9.05. The molecule has 0 aromatic heterocycles. The second-order valence-corrected chi connectivity index (χ2v) is 14.1. The molecule has 1 fully saturated rings. The minimum absolute atomic E-state index is 0.00808. The van der Waals surface area contributed by atoms with Crippen molar-refractivity contribution < 1.29 is 9.53 Å².